The number of methoxy groups -OCH3 is 1. The van der Waals surface area contributed by atoms with Gasteiger partial charge >= 0.3 is 5.97 Å². The summed E-state index contributed by atoms with van der Waals surface area (Å²) < 4.78 is 15.4. The number of ether oxygens (including phenoxy) is 2. The molecule has 24 heavy (non-hydrogen) atoms. The summed E-state index contributed by atoms with van der Waals surface area (Å²) in [5.74, 6) is 0.705. The molecular weight excluding hydrogens is 332 g/mol. The zero-order chi connectivity index (χ0) is 16.9. The Kier molecular flexibility index (Phi) is 4.77. The lowest BCUT2D eigenvalue weighted by Crippen LogP contribution is -2.06. The summed E-state index contributed by atoms with van der Waals surface area (Å²) in [5, 5.41) is 4.20. The molecule has 6 nitrogen and oxygen atoms in total. The van der Waals surface area contributed by atoms with Crippen molar-refractivity contribution in [2.75, 3.05) is 7.11 Å². The van der Waals surface area contributed by atoms with E-state index in [-0.39, 0.29) is 18.1 Å². The van der Waals surface area contributed by atoms with E-state index in [1.54, 1.807) is 37.4 Å². The predicted octanol–water partition coefficient (Wildman–Crippen LogP) is 3.76. The Hall–Kier alpha value is -2.86. The molecule has 0 saturated heterocycles. The first-order chi connectivity index (χ1) is 11.7. The van der Waals surface area contributed by atoms with E-state index in [2.05, 4.69) is 10.1 Å². The van der Waals surface area contributed by atoms with E-state index in [9.17, 15) is 4.79 Å². The van der Waals surface area contributed by atoms with Crippen LogP contribution in [-0.4, -0.2) is 23.2 Å². The van der Waals surface area contributed by atoms with E-state index in [0.717, 1.165) is 5.56 Å². The number of benzene rings is 2. The molecule has 3 rings (SSSR count). The highest BCUT2D eigenvalue weighted by Crippen LogP contribution is 2.21. The highest BCUT2D eigenvalue weighted by Gasteiger charge is 2.14. The van der Waals surface area contributed by atoms with Crippen LogP contribution >= 0.6 is 11.6 Å². The maximum Gasteiger partial charge on any atom is 0.340 e. The van der Waals surface area contributed by atoms with Crippen molar-refractivity contribution in [3.63, 3.8) is 0 Å². The van der Waals surface area contributed by atoms with E-state index < -0.39 is 5.97 Å². The van der Waals surface area contributed by atoms with Gasteiger partial charge in [0.1, 0.15) is 5.75 Å². The molecule has 3 aromatic rings. The molecule has 0 fully saturated rings. The van der Waals surface area contributed by atoms with Gasteiger partial charge in [-0.2, -0.15) is 4.98 Å². The second-order valence-corrected chi connectivity index (χ2v) is 5.21. The molecule has 0 aliphatic rings. The molecule has 0 atom stereocenters. The number of nitrogens with zero attached hydrogens (tertiary/aromatic N) is 2. The minimum absolute atomic E-state index is 0.138. The predicted molar refractivity (Wildman–Crippen MR) is 86.9 cm³/mol. The maximum atomic E-state index is 12.0. The van der Waals surface area contributed by atoms with Gasteiger partial charge in [-0.25, -0.2) is 4.79 Å². The average molecular weight is 345 g/mol. The first kappa shape index (κ1) is 16.0. The highest BCUT2D eigenvalue weighted by atomic mass is 35.5. The summed E-state index contributed by atoms with van der Waals surface area (Å²) in [6.45, 7) is -0.138. The number of aromatic nitrogens is 2. The van der Waals surface area contributed by atoms with Crippen LogP contribution in [0, 0.1) is 0 Å². The van der Waals surface area contributed by atoms with Gasteiger partial charge in [0.2, 0.25) is 5.82 Å². The van der Waals surface area contributed by atoms with Crippen molar-refractivity contribution in [1.82, 2.24) is 10.1 Å². The van der Waals surface area contributed by atoms with Crippen molar-refractivity contribution >= 4 is 17.6 Å². The average Bonchev–Trinajstić information content (AvgIpc) is 3.09. The van der Waals surface area contributed by atoms with Crippen molar-refractivity contribution in [2.45, 2.75) is 6.61 Å². The van der Waals surface area contributed by atoms with Gasteiger partial charge in [-0.15, -0.1) is 0 Å². The Labute approximate surface area is 143 Å². The Bertz CT molecular complexity index is 863. The van der Waals surface area contributed by atoms with E-state index in [4.69, 9.17) is 25.6 Å². The molecule has 0 aliphatic heterocycles. The number of carbonyl (C=O) groups excluding carboxylic acids is 1. The fourth-order valence-electron chi connectivity index (χ4n) is 2.02. The molecule has 0 N–H and O–H groups in total. The summed E-state index contributed by atoms with van der Waals surface area (Å²) in [6.07, 6.45) is 0. The second kappa shape index (κ2) is 7.14. The second-order valence-electron chi connectivity index (χ2n) is 4.80. The molecule has 1 aromatic heterocycles. The van der Waals surface area contributed by atoms with E-state index >= 15 is 0 Å². The van der Waals surface area contributed by atoms with Crippen LogP contribution in [0.3, 0.4) is 0 Å². The molecule has 0 amide bonds. The number of hydrogen-bond donors (Lipinski definition) is 0. The Morgan fingerprint density at radius 3 is 2.83 bits per heavy atom. The fraction of sp³-hybridized carbons (Fsp3) is 0.118. The molecule has 0 aliphatic carbocycles. The lowest BCUT2D eigenvalue weighted by atomic mass is 10.2. The molecule has 2 aromatic carbocycles. The zero-order valence-corrected chi connectivity index (χ0v) is 13.5. The van der Waals surface area contributed by atoms with Crippen LogP contribution in [-0.2, 0) is 11.3 Å². The lowest BCUT2D eigenvalue weighted by Gasteiger charge is -2.03. The third kappa shape index (κ3) is 3.55. The summed E-state index contributed by atoms with van der Waals surface area (Å²) in [6, 6.07) is 13.9. The van der Waals surface area contributed by atoms with Crippen LogP contribution in [0.1, 0.15) is 16.2 Å². The Morgan fingerprint density at radius 2 is 2.04 bits per heavy atom. The van der Waals surface area contributed by atoms with Crippen molar-refractivity contribution in [3.05, 3.63) is 65.0 Å². The topological polar surface area (TPSA) is 74.5 Å². The number of hydrogen-bond acceptors (Lipinski definition) is 6. The quantitative estimate of drug-likeness (QED) is 0.656. The molecule has 0 unspecified atom stereocenters. The van der Waals surface area contributed by atoms with Crippen LogP contribution in [0.2, 0.25) is 5.02 Å². The monoisotopic (exact) mass is 344 g/mol. The molecule has 0 spiro atoms. The smallest absolute Gasteiger partial charge is 0.340 e. The molecular formula is C17H13ClN2O4. The number of esters is 1. The normalized spacial score (nSPS) is 10.4. The van der Waals surface area contributed by atoms with E-state index in [1.165, 1.54) is 0 Å². The van der Waals surface area contributed by atoms with Crippen LogP contribution in [0.15, 0.2) is 53.1 Å². The zero-order valence-electron chi connectivity index (χ0n) is 12.7. The van der Waals surface area contributed by atoms with Gasteiger partial charge in [-0.3, -0.25) is 0 Å². The third-order valence-corrected chi connectivity index (χ3v) is 3.55. The van der Waals surface area contributed by atoms with Crippen LogP contribution < -0.4 is 4.74 Å². The van der Waals surface area contributed by atoms with Gasteiger partial charge < -0.3 is 14.0 Å². The first-order valence-corrected chi connectivity index (χ1v) is 7.44. The summed E-state index contributed by atoms with van der Waals surface area (Å²) in [5.41, 5.74) is 1.02. The first-order valence-electron chi connectivity index (χ1n) is 7.06. The lowest BCUT2D eigenvalue weighted by molar-refractivity contribution is 0.0430. The molecule has 122 valence electrons. The van der Waals surface area contributed by atoms with E-state index in [0.29, 0.717) is 16.6 Å². The molecule has 0 saturated carbocycles. The van der Waals surface area contributed by atoms with Gasteiger partial charge in [0, 0.05) is 5.56 Å². The number of halogens is 1. The highest BCUT2D eigenvalue weighted by molar-refractivity contribution is 6.33. The van der Waals surface area contributed by atoms with Crippen molar-refractivity contribution < 1.29 is 18.8 Å². The largest absolute Gasteiger partial charge is 0.497 e. The minimum Gasteiger partial charge on any atom is -0.497 e. The van der Waals surface area contributed by atoms with Crippen molar-refractivity contribution in [1.29, 1.82) is 0 Å². The van der Waals surface area contributed by atoms with Gasteiger partial charge in [0.15, 0.2) is 6.61 Å². The maximum absolute atomic E-state index is 12.0. The number of rotatable bonds is 5. The Morgan fingerprint density at radius 1 is 1.21 bits per heavy atom. The fourth-order valence-corrected chi connectivity index (χ4v) is 2.24. The van der Waals surface area contributed by atoms with E-state index in [1.807, 2.05) is 18.2 Å². The molecule has 1 heterocycles. The summed E-state index contributed by atoms with van der Waals surface area (Å²) in [4.78, 5) is 16.2. The van der Waals surface area contributed by atoms with Crippen LogP contribution in [0.25, 0.3) is 11.4 Å². The minimum atomic E-state index is -0.554. The Balaban J connectivity index is 1.68. The summed E-state index contributed by atoms with van der Waals surface area (Å²) in [7, 11) is 1.58. The standard InChI is InChI=1S/C17H13ClN2O4/c1-22-12-6-4-5-11(9-12)16-19-15(24-20-16)10-23-17(21)13-7-2-3-8-14(13)18/h2-9H,10H2,1H3. The molecule has 7 heteroatoms. The third-order valence-electron chi connectivity index (χ3n) is 3.22. The number of carbonyl (C=O) groups is 1. The van der Waals surface area contributed by atoms with Gasteiger partial charge in [0.25, 0.3) is 5.89 Å². The van der Waals surface area contributed by atoms with Crippen LogP contribution in [0.4, 0.5) is 0 Å². The van der Waals surface area contributed by atoms with Crippen molar-refractivity contribution in [3.8, 4) is 17.1 Å². The van der Waals surface area contributed by atoms with Crippen LogP contribution in [0.5, 0.6) is 5.75 Å². The van der Waals surface area contributed by atoms with Crippen molar-refractivity contribution in [2.24, 2.45) is 0 Å². The SMILES string of the molecule is COc1cccc(-c2noc(COC(=O)c3ccccc3Cl)n2)c1. The van der Waals surface area contributed by atoms with Gasteiger partial charge in [-0.1, -0.05) is 41.0 Å². The molecule has 0 bridgehead atoms. The van der Waals surface area contributed by atoms with Gasteiger partial charge in [-0.05, 0) is 24.3 Å². The summed E-state index contributed by atoms with van der Waals surface area (Å²) >= 11 is 5.95. The van der Waals surface area contributed by atoms with Gasteiger partial charge in [0.05, 0.1) is 17.7 Å². The molecule has 0 radical (unpaired) electrons.